The first-order chi connectivity index (χ1) is 6.84. The molecule has 1 saturated carbocycles. The predicted molar refractivity (Wildman–Crippen MR) is 54.9 cm³/mol. The molecule has 0 spiro atoms. The Balaban J connectivity index is 1.76. The second-order valence-electron chi connectivity index (χ2n) is 3.84. The summed E-state index contributed by atoms with van der Waals surface area (Å²) in [6.07, 6.45) is 2.96. The van der Waals surface area contributed by atoms with Gasteiger partial charge in [0.2, 0.25) is 5.91 Å². The van der Waals surface area contributed by atoms with E-state index < -0.39 is 0 Å². The number of nitrogens with zero attached hydrogens (tertiary/aromatic N) is 1. The topological polar surface area (TPSA) is 31.2 Å². The molecular weight excluding hydrogens is 174 g/mol. The van der Waals surface area contributed by atoms with Crippen LogP contribution in [0.5, 0.6) is 0 Å². The van der Waals surface area contributed by atoms with E-state index in [9.17, 15) is 4.79 Å². The van der Waals surface area contributed by atoms with Gasteiger partial charge in [-0.05, 0) is 24.3 Å². The Labute approximate surface area is 84.3 Å². The molecule has 2 nitrogen and oxygen atoms in total. The molecule has 1 radical (unpaired) electrons. The fourth-order valence-electron chi connectivity index (χ4n) is 1.36. The average Bonchev–Trinajstić information content (AvgIpc) is 3.00. The SMILES string of the molecule is O=C(Cc1ccccc1)[N]CC1CC1. The second-order valence-corrected chi connectivity index (χ2v) is 3.84. The standard InChI is InChI=1S/C12H14NO/c14-12(13-9-11-6-7-11)8-10-4-2-1-3-5-10/h1-5,11H,6-9H2. The van der Waals surface area contributed by atoms with E-state index in [1.54, 1.807) is 0 Å². The molecule has 1 aliphatic carbocycles. The van der Waals surface area contributed by atoms with E-state index in [0.717, 1.165) is 12.1 Å². The van der Waals surface area contributed by atoms with Crippen LogP contribution in [0, 0.1) is 5.92 Å². The molecule has 1 amide bonds. The Morgan fingerprint density at radius 3 is 2.64 bits per heavy atom. The van der Waals surface area contributed by atoms with Crippen LogP contribution in [-0.2, 0) is 11.2 Å². The summed E-state index contributed by atoms with van der Waals surface area (Å²) < 4.78 is 0. The minimum atomic E-state index is 0.0168. The quantitative estimate of drug-likeness (QED) is 0.708. The first-order valence-corrected chi connectivity index (χ1v) is 5.09. The van der Waals surface area contributed by atoms with Gasteiger partial charge in [-0.25, -0.2) is 0 Å². The maximum atomic E-state index is 11.4. The Morgan fingerprint density at radius 2 is 2.00 bits per heavy atom. The number of carbonyl (C=O) groups excluding carboxylic acids is 1. The Hall–Kier alpha value is -1.31. The zero-order valence-electron chi connectivity index (χ0n) is 8.15. The van der Waals surface area contributed by atoms with Gasteiger partial charge in [0.15, 0.2) is 0 Å². The van der Waals surface area contributed by atoms with Crippen molar-refractivity contribution in [3.05, 3.63) is 35.9 Å². The highest BCUT2D eigenvalue weighted by Crippen LogP contribution is 2.27. The zero-order chi connectivity index (χ0) is 9.80. The van der Waals surface area contributed by atoms with Gasteiger partial charge in [-0.1, -0.05) is 30.3 Å². The molecule has 73 valence electrons. The lowest BCUT2D eigenvalue weighted by molar-refractivity contribution is -0.120. The summed E-state index contributed by atoms with van der Waals surface area (Å²) in [7, 11) is 0. The summed E-state index contributed by atoms with van der Waals surface area (Å²) in [6, 6.07) is 9.78. The highest BCUT2D eigenvalue weighted by Gasteiger charge is 2.22. The van der Waals surface area contributed by atoms with Gasteiger partial charge in [0.25, 0.3) is 0 Å². The number of benzene rings is 1. The van der Waals surface area contributed by atoms with Crippen LogP contribution in [0.4, 0.5) is 0 Å². The van der Waals surface area contributed by atoms with Crippen LogP contribution in [0.1, 0.15) is 18.4 Å². The third kappa shape index (κ3) is 2.87. The summed E-state index contributed by atoms with van der Waals surface area (Å²) in [4.78, 5) is 11.4. The summed E-state index contributed by atoms with van der Waals surface area (Å²) in [5, 5.41) is 4.04. The molecular formula is C12H14NO. The minimum absolute atomic E-state index is 0.0168. The van der Waals surface area contributed by atoms with Crippen LogP contribution in [0.25, 0.3) is 0 Å². The first-order valence-electron chi connectivity index (χ1n) is 5.09. The smallest absolute Gasteiger partial charge is 0.245 e. The van der Waals surface area contributed by atoms with Crippen molar-refractivity contribution >= 4 is 5.91 Å². The molecule has 0 aromatic heterocycles. The number of hydrogen-bond donors (Lipinski definition) is 0. The number of rotatable bonds is 4. The van der Waals surface area contributed by atoms with Gasteiger partial charge < -0.3 is 0 Å². The molecule has 1 aliphatic rings. The Bertz CT molecular complexity index is 303. The number of amides is 1. The normalized spacial score (nSPS) is 15.1. The first kappa shape index (κ1) is 9.25. The van der Waals surface area contributed by atoms with Crippen LogP contribution in [0.3, 0.4) is 0 Å². The maximum absolute atomic E-state index is 11.4. The largest absolute Gasteiger partial charge is 0.273 e. The molecule has 0 unspecified atom stereocenters. The van der Waals surface area contributed by atoms with Crippen molar-refractivity contribution in [1.29, 1.82) is 0 Å². The summed E-state index contributed by atoms with van der Waals surface area (Å²) >= 11 is 0. The van der Waals surface area contributed by atoms with Crippen molar-refractivity contribution in [2.45, 2.75) is 19.3 Å². The van der Waals surface area contributed by atoms with E-state index in [4.69, 9.17) is 0 Å². The van der Waals surface area contributed by atoms with E-state index in [2.05, 4.69) is 5.32 Å². The third-order valence-corrected chi connectivity index (χ3v) is 2.42. The van der Waals surface area contributed by atoms with Gasteiger partial charge in [0.1, 0.15) is 0 Å². The summed E-state index contributed by atoms with van der Waals surface area (Å²) in [5.74, 6) is 0.720. The van der Waals surface area contributed by atoms with Crippen molar-refractivity contribution in [1.82, 2.24) is 5.32 Å². The molecule has 1 aromatic carbocycles. The molecule has 14 heavy (non-hydrogen) atoms. The lowest BCUT2D eigenvalue weighted by atomic mass is 10.1. The van der Waals surface area contributed by atoms with Crippen molar-refractivity contribution < 1.29 is 4.79 Å². The number of carbonyl (C=O) groups is 1. The minimum Gasteiger partial charge on any atom is -0.273 e. The van der Waals surface area contributed by atoms with Crippen molar-refractivity contribution in [3.8, 4) is 0 Å². The fourth-order valence-corrected chi connectivity index (χ4v) is 1.36. The van der Waals surface area contributed by atoms with E-state index in [-0.39, 0.29) is 5.91 Å². The maximum Gasteiger partial charge on any atom is 0.245 e. The fraction of sp³-hybridized carbons (Fsp3) is 0.417. The third-order valence-electron chi connectivity index (χ3n) is 2.42. The predicted octanol–water partition coefficient (Wildman–Crippen LogP) is 1.77. The molecule has 1 fully saturated rings. The lowest BCUT2D eigenvalue weighted by Gasteiger charge is -2.00. The summed E-state index contributed by atoms with van der Waals surface area (Å²) in [5.41, 5.74) is 1.05. The van der Waals surface area contributed by atoms with Gasteiger partial charge in [0, 0.05) is 6.54 Å². The van der Waals surface area contributed by atoms with E-state index >= 15 is 0 Å². The van der Waals surface area contributed by atoms with Crippen molar-refractivity contribution in [3.63, 3.8) is 0 Å². The highest BCUT2D eigenvalue weighted by molar-refractivity contribution is 5.78. The van der Waals surface area contributed by atoms with Gasteiger partial charge in [-0.2, -0.15) is 0 Å². The van der Waals surface area contributed by atoms with Crippen LogP contribution in [0.2, 0.25) is 0 Å². The van der Waals surface area contributed by atoms with E-state index in [0.29, 0.717) is 12.3 Å². The lowest BCUT2D eigenvalue weighted by Crippen LogP contribution is -2.19. The van der Waals surface area contributed by atoms with Gasteiger partial charge in [-0.15, -0.1) is 0 Å². The molecule has 1 aromatic rings. The summed E-state index contributed by atoms with van der Waals surface area (Å²) in [6.45, 7) is 0.742. The van der Waals surface area contributed by atoms with Gasteiger partial charge >= 0.3 is 0 Å². The van der Waals surface area contributed by atoms with Crippen molar-refractivity contribution in [2.24, 2.45) is 5.92 Å². The van der Waals surface area contributed by atoms with Crippen LogP contribution in [-0.4, -0.2) is 12.5 Å². The molecule has 0 heterocycles. The molecule has 0 saturated heterocycles. The Morgan fingerprint density at radius 1 is 1.29 bits per heavy atom. The number of hydrogen-bond acceptors (Lipinski definition) is 1. The van der Waals surface area contributed by atoms with E-state index in [1.165, 1.54) is 12.8 Å². The Kier molecular flexibility index (Phi) is 2.82. The highest BCUT2D eigenvalue weighted by atomic mass is 16.1. The van der Waals surface area contributed by atoms with Crippen LogP contribution in [0.15, 0.2) is 30.3 Å². The van der Waals surface area contributed by atoms with Gasteiger partial charge in [-0.3, -0.25) is 10.1 Å². The molecule has 0 bridgehead atoms. The van der Waals surface area contributed by atoms with Gasteiger partial charge in [0.05, 0.1) is 6.42 Å². The molecule has 0 N–H and O–H groups in total. The molecule has 0 aliphatic heterocycles. The van der Waals surface area contributed by atoms with E-state index in [1.807, 2.05) is 30.3 Å². The molecule has 2 rings (SSSR count). The van der Waals surface area contributed by atoms with Crippen molar-refractivity contribution in [2.75, 3.05) is 6.54 Å². The molecule has 2 heteroatoms. The average molecular weight is 188 g/mol. The van der Waals surface area contributed by atoms with Crippen LogP contribution < -0.4 is 5.32 Å². The molecule has 0 atom stereocenters. The monoisotopic (exact) mass is 188 g/mol. The second kappa shape index (κ2) is 4.27. The van der Waals surface area contributed by atoms with Crippen LogP contribution >= 0.6 is 0 Å². The zero-order valence-corrected chi connectivity index (χ0v) is 8.15.